The summed E-state index contributed by atoms with van der Waals surface area (Å²) < 4.78 is 37.2. The number of benzene rings is 1. The van der Waals surface area contributed by atoms with Crippen molar-refractivity contribution in [3.63, 3.8) is 0 Å². The van der Waals surface area contributed by atoms with Crippen LogP contribution in [0.1, 0.15) is 10.4 Å². The molecule has 0 aliphatic rings. The number of nitro groups is 1. The van der Waals surface area contributed by atoms with Crippen LogP contribution in [0.2, 0.25) is 0 Å². The van der Waals surface area contributed by atoms with Crippen LogP contribution >= 0.6 is 11.3 Å². The number of anilines is 1. The minimum atomic E-state index is -4.43. The molecule has 0 radical (unpaired) electrons. The molecule has 20 heavy (non-hydrogen) atoms. The molecule has 0 bridgehead atoms. The van der Waals surface area contributed by atoms with E-state index in [0.717, 1.165) is 6.20 Å². The minimum absolute atomic E-state index is 0.0297. The smallest absolute Gasteiger partial charge is 0.357 e. The molecule has 106 valence electrons. The Balaban J connectivity index is 2.10. The van der Waals surface area contributed by atoms with Crippen molar-refractivity contribution in [2.75, 3.05) is 5.32 Å². The van der Waals surface area contributed by atoms with Crippen LogP contribution in [0.3, 0.4) is 0 Å². The molecular formula is C11H8F3N3O2S. The predicted molar refractivity (Wildman–Crippen MR) is 67.5 cm³/mol. The first-order valence-corrected chi connectivity index (χ1v) is 6.19. The Morgan fingerprint density at radius 3 is 2.65 bits per heavy atom. The Morgan fingerprint density at radius 2 is 2.05 bits per heavy atom. The number of para-hydroxylation sites is 1. The van der Waals surface area contributed by atoms with Crippen molar-refractivity contribution in [3.05, 3.63) is 51.0 Å². The molecule has 2 aromatic rings. The van der Waals surface area contributed by atoms with E-state index in [1.54, 1.807) is 6.07 Å². The Morgan fingerprint density at radius 1 is 1.35 bits per heavy atom. The van der Waals surface area contributed by atoms with Gasteiger partial charge in [0.15, 0.2) is 5.13 Å². The van der Waals surface area contributed by atoms with Gasteiger partial charge >= 0.3 is 6.18 Å². The van der Waals surface area contributed by atoms with Crippen LogP contribution in [0.25, 0.3) is 0 Å². The third kappa shape index (κ3) is 3.23. The molecule has 0 unspecified atom stereocenters. The predicted octanol–water partition coefficient (Wildman–Crippen LogP) is 3.68. The van der Waals surface area contributed by atoms with Gasteiger partial charge in [0.2, 0.25) is 0 Å². The third-order valence-corrected chi connectivity index (χ3v) is 3.40. The van der Waals surface area contributed by atoms with E-state index >= 15 is 0 Å². The molecular weight excluding hydrogens is 295 g/mol. The maximum Gasteiger partial charge on any atom is 0.427 e. The molecule has 1 heterocycles. The number of alkyl halides is 3. The first-order chi connectivity index (χ1) is 9.38. The zero-order chi connectivity index (χ0) is 14.8. The SMILES string of the molecule is O=[N+]([O-])c1ccccc1CNc1ncc(C(F)(F)F)s1. The lowest BCUT2D eigenvalue weighted by Crippen LogP contribution is -2.02. The fourth-order valence-corrected chi connectivity index (χ4v) is 2.18. The number of halogens is 3. The highest BCUT2D eigenvalue weighted by molar-refractivity contribution is 7.15. The Kier molecular flexibility index (Phi) is 3.89. The zero-order valence-electron chi connectivity index (χ0n) is 9.85. The molecule has 0 fully saturated rings. The molecule has 0 aliphatic carbocycles. The third-order valence-electron chi connectivity index (χ3n) is 2.40. The van der Waals surface area contributed by atoms with E-state index in [-0.39, 0.29) is 17.4 Å². The van der Waals surface area contributed by atoms with Gasteiger partial charge in [-0.2, -0.15) is 13.2 Å². The molecule has 0 saturated carbocycles. The van der Waals surface area contributed by atoms with Crippen molar-refractivity contribution in [2.45, 2.75) is 12.7 Å². The topological polar surface area (TPSA) is 68.1 Å². The lowest BCUT2D eigenvalue weighted by Gasteiger charge is -2.04. The minimum Gasteiger partial charge on any atom is -0.357 e. The standard InChI is InChI=1S/C11H8F3N3O2S/c12-11(13,14)9-6-16-10(20-9)15-5-7-3-1-2-4-8(7)17(18)19/h1-4,6H,5H2,(H,15,16). The highest BCUT2D eigenvalue weighted by Gasteiger charge is 2.33. The fraction of sp³-hybridized carbons (Fsp3) is 0.182. The number of nitro benzene ring substituents is 1. The Labute approximate surface area is 115 Å². The van der Waals surface area contributed by atoms with E-state index in [1.165, 1.54) is 18.2 Å². The number of aromatic nitrogens is 1. The summed E-state index contributed by atoms with van der Waals surface area (Å²) in [5.74, 6) is 0. The van der Waals surface area contributed by atoms with Gasteiger partial charge in [-0.25, -0.2) is 4.98 Å². The van der Waals surface area contributed by atoms with Crippen LogP contribution in [0.4, 0.5) is 24.0 Å². The summed E-state index contributed by atoms with van der Waals surface area (Å²) in [6, 6.07) is 6.00. The van der Waals surface area contributed by atoms with Crippen molar-refractivity contribution in [2.24, 2.45) is 0 Å². The number of hydrogen-bond donors (Lipinski definition) is 1. The van der Waals surface area contributed by atoms with E-state index < -0.39 is 16.0 Å². The molecule has 9 heteroatoms. The second-order valence-corrected chi connectivity index (χ2v) is 4.80. The van der Waals surface area contributed by atoms with Crippen molar-refractivity contribution >= 4 is 22.2 Å². The molecule has 0 aliphatic heterocycles. The van der Waals surface area contributed by atoms with Gasteiger partial charge in [-0.3, -0.25) is 10.1 Å². The molecule has 0 atom stereocenters. The van der Waals surface area contributed by atoms with Gasteiger partial charge in [0.25, 0.3) is 5.69 Å². The Bertz CT molecular complexity index is 627. The lowest BCUT2D eigenvalue weighted by molar-refractivity contribution is -0.385. The van der Waals surface area contributed by atoms with Gasteiger partial charge in [-0.1, -0.05) is 29.5 Å². The number of rotatable bonds is 4. The first kappa shape index (κ1) is 14.3. The first-order valence-electron chi connectivity index (χ1n) is 5.37. The van der Waals surface area contributed by atoms with Crippen LogP contribution in [0.15, 0.2) is 30.5 Å². The molecule has 2 rings (SSSR count). The molecule has 0 amide bonds. The molecule has 0 saturated heterocycles. The highest BCUT2D eigenvalue weighted by Crippen LogP contribution is 2.35. The quantitative estimate of drug-likeness (QED) is 0.691. The van der Waals surface area contributed by atoms with E-state index in [4.69, 9.17) is 0 Å². The van der Waals surface area contributed by atoms with Crippen molar-refractivity contribution in [1.29, 1.82) is 0 Å². The van der Waals surface area contributed by atoms with E-state index in [9.17, 15) is 23.3 Å². The van der Waals surface area contributed by atoms with Gasteiger partial charge < -0.3 is 5.32 Å². The summed E-state index contributed by atoms with van der Waals surface area (Å²) in [7, 11) is 0. The summed E-state index contributed by atoms with van der Waals surface area (Å²) in [5, 5.41) is 13.5. The van der Waals surface area contributed by atoms with Crippen LogP contribution in [-0.2, 0) is 12.7 Å². The van der Waals surface area contributed by atoms with Gasteiger partial charge in [-0.05, 0) is 0 Å². The van der Waals surface area contributed by atoms with Crippen LogP contribution in [0, 0.1) is 10.1 Å². The molecule has 1 aromatic heterocycles. The van der Waals surface area contributed by atoms with Gasteiger partial charge in [0, 0.05) is 18.2 Å². The van der Waals surface area contributed by atoms with Gasteiger partial charge in [0.1, 0.15) is 4.88 Å². The van der Waals surface area contributed by atoms with Crippen LogP contribution in [0.5, 0.6) is 0 Å². The lowest BCUT2D eigenvalue weighted by atomic mass is 10.2. The summed E-state index contributed by atoms with van der Waals surface area (Å²) in [6.07, 6.45) is -3.71. The molecule has 1 aromatic carbocycles. The van der Waals surface area contributed by atoms with E-state index in [2.05, 4.69) is 10.3 Å². The number of thiazole rings is 1. The molecule has 5 nitrogen and oxygen atoms in total. The Hall–Kier alpha value is -2.16. The monoisotopic (exact) mass is 303 g/mol. The summed E-state index contributed by atoms with van der Waals surface area (Å²) in [4.78, 5) is 13.0. The van der Waals surface area contributed by atoms with E-state index in [1.807, 2.05) is 0 Å². The number of hydrogen-bond acceptors (Lipinski definition) is 5. The largest absolute Gasteiger partial charge is 0.427 e. The van der Waals surface area contributed by atoms with Crippen molar-refractivity contribution < 1.29 is 18.1 Å². The van der Waals surface area contributed by atoms with Gasteiger partial charge in [0.05, 0.1) is 11.1 Å². The summed E-state index contributed by atoms with van der Waals surface area (Å²) in [6.45, 7) is 0.0297. The zero-order valence-corrected chi connectivity index (χ0v) is 10.7. The fourth-order valence-electron chi connectivity index (χ4n) is 1.50. The molecule has 1 N–H and O–H groups in total. The van der Waals surface area contributed by atoms with E-state index in [0.29, 0.717) is 16.9 Å². The second-order valence-electron chi connectivity index (χ2n) is 3.77. The summed E-state index contributed by atoms with van der Waals surface area (Å²) in [5.41, 5.74) is 0.286. The molecule has 0 spiro atoms. The van der Waals surface area contributed by atoms with Gasteiger partial charge in [-0.15, -0.1) is 0 Å². The highest BCUT2D eigenvalue weighted by atomic mass is 32.1. The number of nitrogens with zero attached hydrogens (tertiary/aromatic N) is 2. The summed E-state index contributed by atoms with van der Waals surface area (Å²) >= 11 is 0.456. The maximum absolute atomic E-state index is 12.4. The van der Waals surface area contributed by atoms with Crippen molar-refractivity contribution in [3.8, 4) is 0 Å². The maximum atomic E-state index is 12.4. The van der Waals surface area contributed by atoms with Crippen LogP contribution in [-0.4, -0.2) is 9.91 Å². The second kappa shape index (κ2) is 5.45. The van der Waals surface area contributed by atoms with Crippen molar-refractivity contribution in [1.82, 2.24) is 4.98 Å². The normalized spacial score (nSPS) is 11.3. The average molecular weight is 303 g/mol. The number of nitrogens with one attached hydrogen (secondary N) is 1. The van der Waals surface area contributed by atoms with Crippen LogP contribution < -0.4 is 5.32 Å². The average Bonchev–Trinajstić information content (AvgIpc) is 2.85.